The maximum Gasteiger partial charge on any atom is 0.309 e. The summed E-state index contributed by atoms with van der Waals surface area (Å²) in [7, 11) is 0. The van der Waals surface area contributed by atoms with E-state index in [0.717, 1.165) is 36.2 Å². The van der Waals surface area contributed by atoms with Gasteiger partial charge >= 0.3 is 5.97 Å². The topological polar surface area (TPSA) is 59.0 Å². The van der Waals surface area contributed by atoms with E-state index >= 15 is 0 Å². The molecule has 1 heterocycles. The highest BCUT2D eigenvalue weighted by Gasteiger charge is 2.26. The van der Waals surface area contributed by atoms with Crippen molar-refractivity contribution in [2.45, 2.75) is 25.9 Å². The number of aliphatic hydroxyl groups is 1. The molecule has 2 rings (SSSR count). The number of ether oxygens (including phenoxy) is 2. The van der Waals surface area contributed by atoms with Gasteiger partial charge in [0.25, 0.3) is 0 Å². The number of nitrogens with zero attached hydrogens (tertiary/aromatic N) is 1. The molecule has 0 radical (unpaired) electrons. The van der Waals surface area contributed by atoms with Crippen LogP contribution in [0, 0.1) is 5.92 Å². The van der Waals surface area contributed by atoms with E-state index in [1.165, 1.54) is 0 Å². The van der Waals surface area contributed by atoms with Gasteiger partial charge in [-0.05, 0) is 60.9 Å². The third kappa shape index (κ3) is 6.59. The lowest BCUT2D eigenvalue weighted by Crippen LogP contribution is -2.42. The fraction of sp³-hybridized carbons (Fsp3) is 0.588. The van der Waals surface area contributed by atoms with Crippen molar-refractivity contribution >= 4 is 34.3 Å². The zero-order chi connectivity index (χ0) is 16.7. The smallest absolute Gasteiger partial charge is 0.309 e. The lowest BCUT2D eigenvalue weighted by Gasteiger charge is -2.32. The number of para-hydroxylation sites is 1. The van der Waals surface area contributed by atoms with E-state index in [2.05, 4.69) is 20.8 Å². The predicted octanol–water partition coefficient (Wildman–Crippen LogP) is 2.89. The molecule has 0 aromatic heterocycles. The molecule has 1 aliphatic rings. The molecule has 0 spiro atoms. The van der Waals surface area contributed by atoms with Crippen molar-refractivity contribution in [1.82, 2.24) is 4.90 Å². The maximum absolute atomic E-state index is 11.7. The van der Waals surface area contributed by atoms with Crippen LogP contribution >= 0.6 is 28.3 Å². The van der Waals surface area contributed by atoms with E-state index in [4.69, 9.17) is 9.47 Å². The first-order valence-corrected chi connectivity index (χ1v) is 8.83. The van der Waals surface area contributed by atoms with Crippen LogP contribution in [0.15, 0.2) is 28.7 Å². The average Bonchev–Trinajstić information content (AvgIpc) is 2.55. The summed E-state index contributed by atoms with van der Waals surface area (Å²) in [6, 6.07) is 7.58. The number of halogens is 2. The number of carbonyl (C=O) groups excluding carboxylic acids is 1. The summed E-state index contributed by atoms with van der Waals surface area (Å²) < 4.78 is 11.6. The van der Waals surface area contributed by atoms with Gasteiger partial charge in [0.15, 0.2) is 0 Å². The zero-order valence-corrected chi connectivity index (χ0v) is 16.2. The van der Waals surface area contributed by atoms with Gasteiger partial charge in [0.1, 0.15) is 18.5 Å². The Kier molecular flexibility index (Phi) is 9.66. The summed E-state index contributed by atoms with van der Waals surface area (Å²) in [6.45, 7) is 4.67. The molecule has 1 aromatic rings. The van der Waals surface area contributed by atoms with Gasteiger partial charge in [-0.25, -0.2) is 0 Å². The highest BCUT2D eigenvalue weighted by molar-refractivity contribution is 9.10. The number of esters is 1. The number of carbonyl (C=O) groups is 1. The quantitative estimate of drug-likeness (QED) is 0.685. The van der Waals surface area contributed by atoms with Crippen molar-refractivity contribution in [3.63, 3.8) is 0 Å². The first-order chi connectivity index (χ1) is 11.1. The van der Waals surface area contributed by atoms with Crippen LogP contribution in [0.1, 0.15) is 19.8 Å². The van der Waals surface area contributed by atoms with Crippen LogP contribution in [-0.4, -0.2) is 54.9 Å². The summed E-state index contributed by atoms with van der Waals surface area (Å²) in [5.74, 6) is 0.636. The van der Waals surface area contributed by atoms with E-state index in [9.17, 15) is 9.90 Å². The number of rotatable bonds is 7. The summed E-state index contributed by atoms with van der Waals surface area (Å²) in [6.07, 6.45) is 1.02. The van der Waals surface area contributed by atoms with Crippen LogP contribution in [-0.2, 0) is 9.53 Å². The SMILES string of the molecule is CCOC(=O)C1CCN(CC(O)COc2ccccc2Br)CC1.Cl. The Morgan fingerprint density at radius 3 is 2.67 bits per heavy atom. The van der Waals surface area contributed by atoms with E-state index in [-0.39, 0.29) is 30.9 Å². The van der Waals surface area contributed by atoms with Crippen molar-refractivity contribution in [2.75, 3.05) is 32.8 Å². The molecule has 1 unspecified atom stereocenters. The predicted molar refractivity (Wildman–Crippen MR) is 98.7 cm³/mol. The number of likely N-dealkylation sites (tertiary alicyclic amines) is 1. The molecular weight excluding hydrogens is 398 g/mol. The fourth-order valence-corrected chi connectivity index (χ4v) is 3.11. The molecule has 5 nitrogen and oxygen atoms in total. The minimum absolute atomic E-state index is 0. The van der Waals surface area contributed by atoms with Gasteiger partial charge < -0.3 is 19.5 Å². The molecular formula is C17H25BrClNO4. The van der Waals surface area contributed by atoms with Crippen LogP contribution in [0.25, 0.3) is 0 Å². The molecule has 0 aliphatic carbocycles. The second-order valence-corrected chi connectivity index (χ2v) is 6.58. The van der Waals surface area contributed by atoms with Gasteiger partial charge in [0.05, 0.1) is 17.0 Å². The van der Waals surface area contributed by atoms with Crippen molar-refractivity contribution < 1.29 is 19.4 Å². The van der Waals surface area contributed by atoms with Gasteiger partial charge in [0.2, 0.25) is 0 Å². The molecule has 7 heteroatoms. The van der Waals surface area contributed by atoms with Crippen molar-refractivity contribution in [2.24, 2.45) is 5.92 Å². The standard InChI is InChI=1S/C17H24BrNO4.ClH/c1-2-22-17(21)13-7-9-19(10-8-13)11-14(20)12-23-16-6-4-3-5-15(16)18;/h3-6,13-14,20H,2,7-12H2,1H3;1H. The molecule has 0 amide bonds. The molecule has 1 fully saturated rings. The van der Waals surface area contributed by atoms with Gasteiger partial charge in [-0.1, -0.05) is 12.1 Å². The highest BCUT2D eigenvalue weighted by Crippen LogP contribution is 2.24. The number of hydrogen-bond acceptors (Lipinski definition) is 5. The largest absolute Gasteiger partial charge is 0.490 e. The monoisotopic (exact) mass is 421 g/mol. The fourth-order valence-electron chi connectivity index (χ4n) is 2.71. The second kappa shape index (κ2) is 10.9. The molecule has 1 aliphatic heterocycles. The normalized spacial score (nSPS) is 17.0. The van der Waals surface area contributed by atoms with Crippen LogP contribution < -0.4 is 4.74 Å². The first kappa shape index (κ1) is 21.2. The Labute approximate surface area is 157 Å². The Balaban J connectivity index is 0.00000288. The number of hydrogen-bond donors (Lipinski definition) is 1. The van der Waals surface area contributed by atoms with Crippen molar-refractivity contribution in [3.8, 4) is 5.75 Å². The summed E-state index contributed by atoms with van der Waals surface area (Å²) in [4.78, 5) is 13.9. The molecule has 1 aromatic carbocycles. The maximum atomic E-state index is 11.7. The van der Waals surface area contributed by atoms with Gasteiger partial charge in [-0.15, -0.1) is 12.4 Å². The lowest BCUT2D eigenvalue weighted by molar-refractivity contribution is -0.149. The van der Waals surface area contributed by atoms with E-state index in [0.29, 0.717) is 13.2 Å². The minimum atomic E-state index is -0.554. The Morgan fingerprint density at radius 2 is 2.04 bits per heavy atom. The Morgan fingerprint density at radius 1 is 1.38 bits per heavy atom. The van der Waals surface area contributed by atoms with E-state index in [1.807, 2.05) is 31.2 Å². The Hall–Kier alpha value is -0.820. The Bertz CT molecular complexity index is 509. The molecule has 0 saturated carbocycles. The lowest BCUT2D eigenvalue weighted by atomic mass is 9.97. The second-order valence-electron chi connectivity index (χ2n) is 5.72. The van der Waals surface area contributed by atoms with Crippen LogP contribution in [0.4, 0.5) is 0 Å². The number of piperidine rings is 1. The van der Waals surface area contributed by atoms with Gasteiger partial charge in [-0.2, -0.15) is 0 Å². The third-order valence-corrected chi connectivity index (χ3v) is 4.60. The first-order valence-electron chi connectivity index (χ1n) is 8.04. The van der Waals surface area contributed by atoms with E-state index in [1.54, 1.807) is 0 Å². The molecule has 1 N–H and O–H groups in total. The number of β-amino-alcohol motifs (C(OH)–C–C–N with tert-alkyl or cyclic N) is 1. The molecule has 1 saturated heterocycles. The molecule has 24 heavy (non-hydrogen) atoms. The van der Waals surface area contributed by atoms with Gasteiger partial charge in [-0.3, -0.25) is 4.79 Å². The van der Waals surface area contributed by atoms with E-state index < -0.39 is 6.10 Å². The minimum Gasteiger partial charge on any atom is -0.490 e. The average molecular weight is 423 g/mol. The van der Waals surface area contributed by atoms with Crippen LogP contribution in [0.3, 0.4) is 0 Å². The van der Waals surface area contributed by atoms with Crippen molar-refractivity contribution in [3.05, 3.63) is 28.7 Å². The van der Waals surface area contributed by atoms with Crippen LogP contribution in [0.5, 0.6) is 5.75 Å². The molecule has 136 valence electrons. The molecule has 1 atom stereocenters. The third-order valence-electron chi connectivity index (χ3n) is 3.94. The van der Waals surface area contributed by atoms with Gasteiger partial charge in [0, 0.05) is 6.54 Å². The summed E-state index contributed by atoms with van der Waals surface area (Å²) in [5.41, 5.74) is 0. The highest BCUT2D eigenvalue weighted by atomic mass is 79.9. The number of benzene rings is 1. The molecule has 0 bridgehead atoms. The van der Waals surface area contributed by atoms with Crippen molar-refractivity contribution in [1.29, 1.82) is 0 Å². The van der Waals surface area contributed by atoms with Crippen LogP contribution in [0.2, 0.25) is 0 Å². The summed E-state index contributed by atoms with van der Waals surface area (Å²) >= 11 is 3.42. The summed E-state index contributed by atoms with van der Waals surface area (Å²) in [5, 5.41) is 10.1. The number of aliphatic hydroxyl groups excluding tert-OH is 1. The zero-order valence-electron chi connectivity index (χ0n) is 13.8.